The van der Waals surface area contributed by atoms with Crippen molar-refractivity contribution in [1.82, 2.24) is 4.90 Å². The minimum atomic E-state index is -1.13. The largest absolute Gasteiger partial charge is 0.341 e. The van der Waals surface area contributed by atoms with Gasteiger partial charge >= 0.3 is 0 Å². The molecule has 0 aliphatic carbocycles. The molecule has 1 aliphatic rings. The van der Waals surface area contributed by atoms with Crippen LogP contribution in [0.2, 0.25) is 0 Å². The zero-order valence-corrected chi connectivity index (χ0v) is 11.4. The molecule has 20 heavy (non-hydrogen) atoms. The van der Waals surface area contributed by atoms with Crippen molar-refractivity contribution in [1.29, 1.82) is 5.26 Å². The number of ketones is 1. The number of nitrogens with zero attached hydrogens (tertiary/aromatic N) is 2. The van der Waals surface area contributed by atoms with Crippen molar-refractivity contribution < 1.29 is 9.59 Å². The van der Waals surface area contributed by atoms with E-state index in [9.17, 15) is 9.59 Å². The van der Waals surface area contributed by atoms with Gasteiger partial charge in [-0.1, -0.05) is 30.3 Å². The third kappa shape index (κ3) is 3.45. The Labute approximate surface area is 119 Å². The molecule has 2 rings (SSSR count). The molecule has 0 saturated carbocycles. The molecule has 0 N–H and O–H groups in total. The average molecular weight is 270 g/mol. The molecule has 0 unspecified atom stereocenters. The van der Waals surface area contributed by atoms with Crippen LogP contribution in [-0.4, -0.2) is 29.7 Å². The first kappa shape index (κ1) is 14.3. The first-order chi connectivity index (χ1) is 9.72. The topological polar surface area (TPSA) is 61.2 Å². The molecule has 0 aromatic heterocycles. The second kappa shape index (κ2) is 6.85. The van der Waals surface area contributed by atoms with Crippen LogP contribution in [0.5, 0.6) is 0 Å². The maximum atomic E-state index is 12.1. The van der Waals surface area contributed by atoms with Crippen LogP contribution in [0.4, 0.5) is 0 Å². The fourth-order valence-corrected chi connectivity index (χ4v) is 2.44. The quantitative estimate of drug-likeness (QED) is 0.768. The number of benzene rings is 1. The van der Waals surface area contributed by atoms with Crippen LogP contribution in [0.15, 0.2) is 30.3 Å². The SMILES string of the molecule is N#C[C@@H](C(=O)CCc1ccccc1)C(=O)N1CCCC1. The Balaban J connectivity index is 1.92. The smallest absolute Gasteiger partial charge is 0.247 e. The highest BCUT2D eigenvalue weighted by atomic mass is 16.2. The molecule has 0 spiro atoms. The molecule has 4 nitrogen and oxygen atoms in total. The van der Waals surface area contributed by atoms with Crippen LogP contribution in [0.3, 0.4) is 0 Å². The number of Topliss-reactive ketones (excluding diaryl/α,β-unsaturated/α-hetero) is 1. The van der Waals surface area contributed by atoms with Gasteiger partial charge in [-0.2, -0.15) is 5.26 Å². The second-order valence-corrected chi connectivity index (χ2v) is 5.05. The molecule has 1 fully saturated rings. The van der Waals surface area contributed by atoms with E-state index < -0.39 is 5.92 Å². The minimum absolute atomic E-state index is 0.238. The number of carbonyl (C=O) groups is 2. The summed E-state index contributed by atoms with van der Waals surface area (Å²) in [6, 6.07) is 11.5. The van der Waals surface area contributed by atoms with Crippen LogP contribution >= 0.6 is 0 Å². The lowest BCUT2D eigenvalue weighted by molar-refractivity contribution is -0.138. The predicted octanol–water partition coefficient (Wildman–Crippen LogP) is 1.95. The molecule has 1 aliphatic heterocycles. The Bertz CT molecular complexity index is 513. The number of nitriles is 1. The summed E-state index contributed by atoms with van der Waals surface area (Å²) in [5.41, 5.74) is 1.05. The minimum Gasteiger partial charge on any atom is -0.341 e. The normalized spacial score (nSPS) is 15.7. The number of rotatable bonds is 5. The number of hydrogen-bond acceptors (Lipinski definition) is 3. The molecule has 1 atom stereocenters. The molecule has 0 radical (unpaired) electrons. The van der Waals surface area contributed by atoms with Crippen LogP contribution in [0.25, 0.3) is 0 Å². The first-order valence-electron chi connectivity index (χ1n) is 6.97. The lowest BCUT2D eigenvalue weighted by Gasteiger charge is -2.17. The van der Waals surface area contributed by atoms with Gasteiger partial charge in [0.05, 0.1) is 6.07 Å². The third-order valence-corrected chi connectivity index (χ3v) is 3.62. The van der Waals surface area contributed by atoms with Gasteiger partial charge in [0.2, 0.25) is 5.91 Å². The van der Waals surface area contributed by atoms with Gasteiger partial charge in [-0.25, -0.2) is 0 Å². The van der Waals surface area contributed by atoms with Gasteiger partial charge in [0.15, 0.2) is 11.7 Å². The predicted molar refractivity (Wildman–Crippen MR) is 74.7 cm³/mol. The van der Waals surface area contributed by atoms with Gasteiger partial charge in [0.1, 0.15) is 0 Å². The van der Waals surface area contributed by atoms with Gasteiger partial charge in [0, 0.05) is 19.5 Å². The molecule has 1 heterocycles. The van der Waals surface area contributed by atoms with E-state index in [1.807, 2.05) is 36.4 Å². The molecule has 1 saturated heterocycles. The highest BCUT2D eigenvalue weighted by Crippen LogP contribution is 2.14. The Morgan fingerprint density at radius 3 is 2.45 bits per heavy atom. The van der Waals surface area contributed by atoms with Crippen LogP contribution in [0.1, 0.15) is 24.8 Å². The van der Waals surface area contributed by atoms with Crippen molar-refractivity contribution in [3.8, 4) is 6.07 Å². The van der Waals surface area contributed by atoms with E-state index in [0.717, 1.165) is 18.4 Å². The Morgan fingerprint density at radius 2 is 1.85 bits per heavy atom. The Kier molecular flexibility index (Phi) is 4.89. The molecule has 0 bridgehead atoms. The fraction of sp³-hybridized carbons (Fsp3) is 0.438. The lowest BCUT2D eigenvalue weighted by atomic mass is 9.98. The van der Waals surface area contributed by atoms with Gasteiger partial charge < -0.3 is 4.90 Å². The summed E-state index contributed by atoms with van der Waals surface area (Å²) in [6.45, 7) is 1.34. The van der Waals surface area contributed by atoms with Crippen LogP contribution in [0, 0.1) is 17.2 Å². The summed E-state index contributed by atoms with van der Waals surface area (Å²) in [5, 5.41) is 9.11. The van der Waals surface area contributed by atoms with E-state index in [4.69, 9.17) is 5.26 Å². The maximum Gasteiger partial charge on any atom is 0.247 e. The fourth-order valence-electron chi connectivity index (χ4n) is 2.44. The van der Waals surface area contributed by atoms with Crippen molar-refractivity contribution in [3.63, 3.8) is 0 Å². The molecule has 1 aromatic rings. The number of carbonyl (C=O) groups excluding carboxylic acids is 2. The van der Waals surface area contributed by atoms with Crippen LogP contribution in [-0.2, 0) is 16.0 Å². The van der Waals surface area contributed by atoms with Gasteiger partial charge in [-0.15, -0.1) is 0 Å². The molecular weight excluding hydrogens is 252 g/mol. The van der Waals surface area contributed by atoms with Crippen molar-refractivity contribution >= 4 is 11.7 Å². The van der Waals surface area contributed by atoms with Gasteiger partial charge in [0.25, 0.3) is 0 Å². The zero-order chi connectivity index (χ0) is 14.4. The summed E-state index contributed by atoms with van der Waals surface area (Å²) in [4.78, 5) is 25.8. The number of aryl methyl sites for hydroxylation is 1. The Morgan fingerprint density at radius 1 is 1.20 bits per heavy atom. The van der Waals surface area contributed by atoms with Gasteiger partial charge in [-0.05, 0) is 24.8 Å². The molecule has 104 valence electrons. The van der Waals surface area contributed by atoms with Crippen molar-refractivity contribution in [2.24, 2.45) is 5.92 Å². The maximum absolute atomic E-state index is 12.1. The van der Waals surface area contributed by atoms with E-state index in [1.165, 1.54) is 0 Å². The summed E-state index contributed by atoms with van der Waals surface area (Å²) in [7, 11) is 0. The summed E-state index contributed by atoms with van der Waals surface area (Å²) < 4.78 is 0. The van der Waals surface area contributed by atoms with Crippen molar-refractivity contribution in [2.75, 3.05) is 13.1 Å². The second-order valence-electron chi connectivity index (χ2n) is 5.05. The number of hydrogen-bond donors (Lipinski definition) is 0. The van der Waals surface area contributed by atoms with Crippen molar-refractivity contribution in [2.45, 2.75) is 25.7 Å². The zero-order valence-electron chi connectivity index (χ0n) is 11.4. The summed E-state index contributed by atoms with van der Waals surface area (Å²) >= 11 is 0. The summed E-state index contributed by atoms with van der Waals surface area (Å²) in [5.74, 6) is -1.71. The van der Waals surface area contributed by atoms with E-state index in [-0.39, 0.29) is 18.1 Å². The average Bonchev–Trinajstić information content (AvgIpc) is 3.01. The third-order valence-electron chi connectivity index (χ3n) is 3.62. The molecule has 1 amide bonds. The molecule has 1 aromatic carbocycles. The van der Waals surface area contributed by atoms with Crippen LogP contribution < -0.4 is 0 Å². The molecule has 4 heteroatoms. The summed E-state index contributed by atoms with van der Waals surface area (Å²) in [6.07, 6.45) is 2.73. The van der Waals surface area contributed by atoms with E-state index in [0.29, 0.717) is 19.5 Å². The first-order valence-corrected chi connectivity index (χ1v) is 6.97. The van der Waals surface area contributed by atoms with Gasteiger partial charge in [-0.3, -0.25) is 9.59 Å². The lowest BCUT2D eigenvalue weighted by Crippen LogP contribution is -2.37. The van der Waals surface area contributed by atoms with Crippen molar-refractivity contribution in [3.05, 3.63) is 35.9 Å². The standard InChI is InChI=1S/C16H18N2O2/c17-12-14(16(20)18-10-4-5-11-18)15(19)9-8-13-6-2-1-3-7-13/h1-3,6-7,14H,4-5,8-11H2/t14-/m0/s1. The van der Waals surface area contributed by atoms with E-state index >= 15 is 0 Å². The highest BCUT2D eigenvalue weighted by Gasteiger charge is 2.31. The highest BCUT2D eigenvalue weighted by molar-refractivity contribution is 6.04. The molecular formula is C16H18N2O2. The van der Waals surface area contributed by atoms with E-state index in [2.05, 4.69) is 0 Å². The Hall–Kier alpha value is -2.15. The monoisotopic (exact) mass is 270 g/mol. The number of likely N-dealkylation sites (tertiary alicyclic amines) is 1. The van der Waals surface area contributed by atoms with E-state index in [1.54, 1.807) is 4.90 Å². The number of amides is 1.